The summed E-state index contributed by atoms with van der Waals surface area (Å²) in [4.78, 5) is 41.0. The van der Waals surface area contributed by atoms with Crippen LogP contribution in [0.4, 0.5) is 0 Å². The van der Waals surface area contributed by atoms with E-state index >= 15 is 0 Å². The van der Waals surface area contributed by atoms with Crippen molar-refractivity contribution in [2.24, 2.45) is 0 Å². The third kappa shape index (κ3) is 4.43. The van der Waals surface area contributed by atoms with E-state index in [1.165, 1.54) is 14.2 Å². The second-order valence-corrected chi connectivity index (χ2v) is 6.47. The van der Waals surface area contributed by atoms with Crippen LogP contribution in [0, 0.1) is 0 Å². The molecule has 0 amide bonds. The van der Waals surface area contributed by atoms with Crippen LogP contribution in [-0.4, -0.2) is 31.1 Å². The van der Waals surface area contributed by atoms with Gasteiger partial charge in [0.05, 0.1) is 25.3 Å². The molecule has 2 aromatic carbocycles. The number of hydrogen-bond acceptors (Lipinski definition) is 5. The minimum absolute atomic E-state index is 0.0220. The van der Waals surface area contributed by atoms with E-state index in [4.69, 9.17) is 9.47 Å². The Kier molecular flexibility index (Phi) is 6.24. The highest BCUT2D eigenvalue weighted by Gasteiger charge is 2.28. The number of rotatable bonds is 6. The van der Waals surface area contributed by atoms with E-state index < -0.39 is 17.5 Å². The van der Waals surface area contributed by atoms with E-state index in [0.717, 1.165) is 11.1 Å². The summed E-state index contributed by atoms with van der Waals surface area (Å²) >= 11 is 0. The maximum absolute atomic E-state index is 12.9. The molecule has 6 nitrogen and oxygen atoms in total. The number of esters is 2. The minimum atomic E-state index is -0.753. The Morgan fingerprint density at radius 3 is 1.76 bits per heavy atom. The molecule has 0 saturated carbocycles. The van der Waals surface area contributed by atoms with Gasteiger partial charge in [-0.25, -0.2) is 9.59 Å². The van der Waals surface area contributed by atoms with Crippen molar-refractivity contribution in [2.45, 2.75) is 12.8 Å². The van der Waals surface area contributed by atoms with Crippen LogP contribution in [0.3, 0.4) is 0 Å². The van der Waals surface area contributed by atoms with Gasteiger partial charge >= 0.3 is 11.9 Å². The summed E-state index contributed by atoms with van der Waals surface area (Å²) in [6.07, 6.45) is 0.437. The molecule has 0 unspecified atom stereocenters. The number of carbonyl (C=O) groups excluding carboxylic acids is 2. The number of carbonyl (C=O) groups is 2. The van der Waals surface area contributed by atoms with Crippen molar-refractivity contribution < 1.29 is 19.1 Å². The number of nitrogens with one attached hydrogen (secondary N) is 1. The van der Waals surface area contributed by atoms with Crippen LogP contribution in [-0.2, 0) is 22.3 Å². The zero-order valence-electron chi connectivity index (χ0n) is 16.2. The monoisotopic (exact) mass is 391 g/mol. The molecule has 1 aromatic heterocycles. The van der Waals surface area contributed by atoms with Crippen LogP contribution >= 0.6 is 0 Å². The van der Waals surface area contributed by atoms with E-state index in [0.29, 0.717) is 5.69 Å². The third-order valence-electron chi connectivity index (χ3n) is 4.62. The minimum Gasteiger partial charge on any atom is -0.465 e. The van der Waals surface area contributed by atoms with Gasteiger partial charge in [-0.2, -0.15) is 0 Å². The Morgan fingerprint density at radius 1 is 0.759 bits per heavy atom. The first-order valence-corrected chi connectivity index (χ1v) is 9.07. The van der Waals surface area contributed by atoms with Gasteiger partial charge in [0.1, 0.15) is 0 Å². The van der Waals surface area contributed by atoms with E-state index in [-0.39, 0.29) is 29.5 Å². The molecule has 148 valence electrons. The van der Waals surface area contributed by atoms with Crippen LogP contribution in [0.1, 0.15) is 43.1 Å². The van der Waals surface area contributed by atoms with Gasteiger partial charge in [-0.1, -0.05) is 60.7 Å². The first kappa shape index (κ1) is 20.1. The highest BCUT2D eigenvalue weighted by atomic mass is 16.5. The summed E-state index contributed by atoms with van der Waals surface area (Å²) in [7, 11) is 2.45. The lowest BCUT2D eigenvalue weighted by Gasteiger charge is -2.16. The summed E-state index contributed by atoms with van der Waals surface area (Å²) in [5.74, 6) is -1.46. The molecule has 0 aliphatic carbocycles. The lowest BCUT2D eigenvalue weighted by molar-refractivity contribution is 0.0552. The molecule has 0 saturated heterocycles. The van der Waals surface area contributed by atoms with Gasteiger partial charge in [0.15, 0.2) is 0 Å². The fourth-order valence-electron chi connectivity index (χ4n) is 3.25. The highest BCUT2D eigenvalue weighted by Crippen LogP contribution is 2.22. The molecule has 0 aliphatic rings. The van der Waals surface area contributed by atoms with Gasteiger partial charge in [-0.15, -0.1) is 0 Å². The number of benzene rings is 2. The SMILES string of the molecule is COC(=O)c1c(Cc2ccccc2)[nH]c(=O)c(Cc2ccccc2)c1C(=O)OC. The fraction of sp³-hybridized carbons (Fsp3) is 0.174. The zero-order valence-corrected chi connectivity index (χ0v) is 16.2. The quantitative estimate of drug-likeness (QED) is 0.653. The van der Waals surface area contributed by atoms with Crippen LogP contribution < -0.4 is 5.56 Å². The van der Waals surface area contributed by atoms with Crippen LogP contribution in [0.5, 0.6) is 0 Å². The molecule has 0 atom stereocenters. The molecular formula is C23H21NO5. The first-order chi connectivity index (χ1) is 14.0. The molecule has 0 bridgehead atoms. The molecule has 3 aromatic rings. The molecule has 0 aliphatic heterocycles. The number of ether oxygens (including phenoxy) is 2. The Balaban J connectivity index is 2.23. The predicted molar refractivity (Wildman–Crippen MR) is 108 cm³/mol. The van der Waals surface area contributed by atoms with Crippen molar-refractivity contribution in [1.29, 1.82) is 0 Å². The van der Waals surface area contributed by atoms with E-state index in [1.54, 1.807) is 0 Å². The molecular weight excluding hydrogens is 370 g/mol. The standard InChI is InChI=1S/C23H21NO5/c1-28-22(26)19-17(13-15-9-5-3-6-10-15)21(25)24-18(20(19)23(27)29-2)14-16-11-7-4-8-12-16/h3-12H,13-14H2,1-2H3,(H,24,25). The molecule has 6 heteroatoms. The van der Waals surface area contributed by atoms with Gasteiger partial charge < -0.3 is 14.5 Å². The average Bonchev–Trinajstić information content (AvgIpc) is 2.75. The molecule has 3 rings (SSSR count). The van der Waals surface area contributed by atoms with Crippen LogP contribution in [0.25, 0.3) is 0 Å². The van der Waals surface area contributed by atoms with Gasteiger partial charge in [0.2, 0.25) is 0 Å². The third-order valence-corrected chi connectivity index (χ3v) is 4.62. The van der Waals surface area contributed by atoms with Crippen molar-refractivity contribution in [3.8, 4) is 0 Å². The van der Waals surface area contributed by atoms with E-state index in [2.05, 4.69) is 4.98 Å². The van der Waals surface area contributed by atoms with E-state index in [1.807, 2.05) is 60.7 Å². The number of aromatic amines is 1. The summed E-state index contributed by atoms with van der Waals surface area (Å²) < 4.78 is 9.84. The fourth-order valence-corrected chi connectivity index (χ4v) is 3.25. The maximum atomic E-state index is 12.9. The second kappa shape index (κ2) is 9.01. The van der Waals surface area contributed by atoms with Gasteiger partial charge in [-0.05, 0) is 11.1 Å². The molecule has 0 radical (unpaired) electrons. The maximum Gasteiger partial charge on any atom is 0.340 e. The summed E-state index contributed by atoms with van der Waals surface area (Å²) in [6, 6.07) is 18.6. The van der Waals surface area contributed by atoms with Gasteiger partial charge in [0.25, 0.3) is 5.56 Å². The topological polar surface area (TPSA) is 85.5 Å². The number of H-pyrrole nitrogens is 1. The van der Waals surface area contributed by atoms with Gasteiger partial charge in [-0.3, -0.25) is 4.79 Å². The number of pyridine rings is 1. The second-order valence-electron chi connectivity index (χ2n) is 6.47. The van der Waals surface area contributed by atoms with Crippen LogP contribution in [0.15, 0.2) is 65.5 Å². The molecule has 0 fully saturated rings. The Morgan fingerprint density at radius 2 is 1.24 bits per heavy atom. The van der Waals surface area contributed by atoms with Crippen molar-refractivity contribution in [3.63, 3.8) is 0 Å². The largest absolute Gasteiger partial charge is 0.465 e. The molecule has 29 heavy (non-hydrogen) atoms. The summed E-state index contributed by atoms with van der Waals surface area (Å²) in [5, 5.41) is 0. The van der Waals surface area contributed by atoms with Crippen molar-refractivity contribution in [3.05, 3.63) is 105 Å². The van der Waals surface area contributed by atoms with Crippen molar-refractivity contribution in [1.82, 2.24) is 4.98 Å². The lowest BCUT2D eigenvalue weighted by atomic mass is 9.94. The summed E-state index contributed by atoms with van der Waals surface area (Å²) in [5.41, 5.74) is 1.71. The number of aromatic nitrogens is 1. The number of methoxy groups -OCH3 is 2. The number of hydrogen-bond donors (Lipinski definition) is 1. The van der Waals surface area contributed by atoms with Crippen molar-refractivity contribution in [2.75, 3.05) is 14.2 Å². The highest BCUT2D eigenvalue weighted by molar-refractivity contribution is 6.05. The van der Waals surface area contributed by atoms with Crippen molar-refractivity contribution >= 4 is 11.9 Å². The zero-order chi connectivity index (χ0) is 20.8. The normalized spacial score (nSPS) is 10.4. The molecule has 1 heterocycles. The Bertz CT molecular complexity index is 1070. The molecule has 0 spiro atoms. The lowest BCUT2D eigenvalue weighted by Crippen LogP contribution is -2.27. The van der Waals surface area contributed by atoms with Gasteiger partial charge in [0, 0.05) is 24.1 Å². The average molecular weight is 391 g/mol. The molecule has 1 N–H and O–H groups in total. The van der Waals surface area contributed by atoms with E-state index in [9.17, 15) is 14.4 Å². The Hall–Kier alpha value is -3.67. The predicted octanol–water partition coefficient (Wildman–Crippen LogP) is 3.13. The Labute approximate surface area is 168 Å². The van der Waals surface area contributed by atoms with Crippen LogP contribution in [0.2, 0.25) is 0 Å². The first-order valence-electron chi connectivity index (χ1n) is 9.07. The smallest absolute Gasteiger partial charge is 0.340 e. The summed E-state index contributed by atoms with van der Waals surface area (Å²) in [6.45, 7) is 0.